The number of aliphatic hydroxyl groups excluding tert-OH is 1. The summed E-state index contributed by atoms with van der Waals surface area (Å²) in [4.78, 5) is 11.6. The topological polar surface area (TPSA) is 61.4 Å². The molecule has 0 aromatic heterocycles. The Balaban J connectivity index is 1.87. The Morgan fingerprint density at radius 1 is 1.05 bits per heavy atom. The highest BCUT2D eigenvalue weighted by molar-refractivity contribution is 5.89. The van der Waals surface area contributed by atoms with Crippen LogP contribution in [0.4, 0.5) is 23.7 Å². The minimum atomic E-state index is -1.19. The summed E-state index contributed by atoms with van der Waals surface area (Å²) in [5, 5.41) is 14.6. The molecule has 1 atom stereocenters. The standard InChI is InChI=1S/C15H13F3N2O2/c16-10-2-4-11(5-3-10)20-15(22)19-8-14(21)9-1-6-12(17)13(18)7-9/h1-7,14,21H,8H2,(H2,19,20,22)/t14-/m0/s1. The number of carbonyl (C=O) groups excluding carboxylic acids is 1. The fourth-order valence-corrected chi connectivity index (χ4v) is 1.74. The van der Waals surface area contributed by atoms with Crippen molar-refractivity contribution in [3.8, 4) is 0 Å². The van der Waals surface area contributed by atoms with Crippen molar-refractivity contribution in [3.05, 3.63) is 65.5 Å². The first-order valence-electron chi connectivity index (χ1n) is 6.39. The summed E-state index contributed by atoms with van der Waals surface area (Å²) in [6, 6.07) is 7.49. The lowest BCUT2D eigenvalue weighted by atomic mass is 10.1. The molecule has 2 rings (SSSR count). The molecular formula is C15H13F3N2O2. The van der Waals surface area contributed by atoms with Crippen LogP contribution in [-0.4, -0.2) is 17.7 Å². The maximum atomic E-state index is 13.0. The van der Waals surface area contributed by atoms with Gasteiger partial charge in [-0.25, -0.2) is 18.0 Å². The monoisotopic (exact) mass is 310 g/mol. The molecule has 116 valence electrons. The van der Waals surface area contributed by atoms with E-state index in [1.54, 1.807) is 0 Å². The summed E-state index contributed by atoms with van der Waals surface area (Å²) in [6.45, 7) is -0.196. The number of hydrogen-bond acceptors (Lipinski definition) is 2. The van der Waals surface area contributed by atoms with E-state index in [9.17, 15) is 23.1 Å². The quantitative estimate of drug-likeness (QED) is 0.813. The van der Waals surface area contributed by atoms with Crippen LogP contribution >= 0.6 is 0 Å². The number of rotatable bonds is 4. The van der Waals surface area contributed by atoms with Crippen molar-refractivity contribution in [1.82, 2.24) is 5.32 Å². The molecule has 22 heavy (non-hydrogen) atoms. The average molecular weight is 310 g/mol. The molecule has 7 heteroatoms. The number of carbonyl (C=O) groups is 1. The Morgan fingerprint density at radius 2 is 1.73 bits per heavy atom. The van der Waals surface area contributed by atoms with Gasteiger partial charge in [0.2, 0.25) is 0 Å². The number of amides is 2. The largest absolute Gasteiger partial charge is 0.387 e. The van der Waals surface area contributed by atoms with Gasteiger partial charge in [0, 0.05) is 12.2 Å². The van der Waals surface area contributed by atoms with Crippen LogP contribution in [0.5, 0.6) is 0 Å². The fraction of sp³-hybridized carbons (Fsp3) is 0.133. The molecule has 4 nitrogen and oxygen atoms in total. The maximum Gasteiger partial charge on any atom is 0.319 e. The lowest BCUT2D eigenvalue weighted by Gasteiger charge is -2.13. The van der Waals surface area contributed by atoms with Crippen molar-refractivity contribution in [3.63, 3.8) is 0 Å². The van der Waals surface area contributed by atoms with Gasteiger partial charge >= 0.3 is 6.03 Å². The van der Waals surface area contributed by atoms with Crippen molar-refractivity contribution >= 4 is 11.7 Å². The van der Waals surface area contributed by atoms with Gasteiger partial charge in [0.1, 0.15) is 5.82 Å². The third kappa shape index (κ3) is 4.23. The van der Waals surface area contributed by atoms with Gasteiger partial charge in [-0.1, -0.05) is 6.07 Å². The normalized spacial score (nSPS) is 11.8. The molecule has 0 radical (unpaired) electrons. The Hall–Kier alpha value is -2.54. The molecular weight excluding hydrogens is 297 g/mol. The van der Waals surface area contributed by atoms with Crippen LogP contribution in [0.2, 0.25) is 0 Å². The SMILES string of the molecule is O=C(NC[C@H](O)c1ccc(F)c(F)c1)Nc1ccc(F)cc1. The van der Waals surface area contributed by atoms with Crippen LogP contribution in [0.15, 0.2) is 42.5 Å². The second-order valence-electron chi connectivity index (χ2n) is 4.53. The van der Waals surface area contributed by atoms with Crippen LogP contribution < -0.4 is 10.6 Å². The number of anilines is 1. The molecule has 2 aromatic carbocycles. The molecule has 0 aliphatic rings. The van der Waals surface area contributed by atoms with E-state index in [4.69, 9.17) is 0 Å². The molecule has 0 fully saturated rings. The molecule has 0 unspecified atom stereocenters. The molecule has 0 bridgehead atoms. The minimum absolute atomic E-state index is 0.140. The van der Waals surface area contributed by atoms with Crippen LogP contribution in [0.25, 0.3) is 0 Å². The molecule has 0 aliphatic carbocycles. The van der Waals surface area contributed by atoms with Crippen molar-refractivity contribution in [2.24, 2.45) is 0 Å². The highest BCUT2D eigenvalue weighted by atomic mass is 19.2. The first-order chi connectivity index (χ1) is 10.5. The molecule has 2 aromatic rings. The smallest absolute Gasteiger partial charge is 0.319 e. The zero-order valence-corrected chi connectivity index (χ0v) is 11.3. The van der Waals surface area contributed by atoms with E-state index in [0.29, 0.717) is 5.69 Å². The van der Waals surface area contributed by atoms with E-state index in [1.807, 2.05) is 0 Å². The predicted molar refractivity (Wildman–Crippen MR) is 74.7 cm³/mol. The minimum Gasteiger partial charge on any atom is -0.387 e. The number of hydrogen-bond donors (Lipinski definition) is 3. The lowest BCUT2D eigenvalue weighted by molar-refractivity contribution is 0.174. The van der Waals surface area contributed by atoms with Gasteiger partial charge in [-0.05, 0) is 42.0 Å². The second-order valence-corrected chi connectivity index (χ2v) is 4.53. The van der Waals surface area contributed by atoms with Crippen LogP contribution in [0.3, 0.4) is 0 Å². The summed E-state index contributed by atoms with van der Waals surface area (Å²) < 4.78 is 38.5. The Labute approximate surface area is 124 Å². The third-order valence-electron chi connectivity index (χ3n) is 2.89. The summed E-state index contributed by atoms with van der Waals surface area (Å²) in [6.07, 6.45) is -1.19. The number of aliphatic hydroxyl groups is 1. The zero-order valence-electron chi connectivity index (χ0n) is 11.3. The van der Waals surface area contributed by atoms with Crippen molar-refractivity contribution in [2.45, 2.75) is 6.10 Å². The molecule has 0 aliphatic heterocycles. The van der Waals surface area contributed by atoms with Crippen LogP contribution in [-0.2, 0) is 0 Å². The maximum absolute atomic E-state index is 13.0. The van der Waals surface area contributed by atoms with E-state index in [1.165, 1.54) is 30.3 Å². The Bertz CT molecular complexity index is 662. The van der Waals surface area contributed by atoms with Gasteiger partial charge in [0.15, 0.2) is 11.6 Å². The van der Waals surface area contributed by atoms with Crippen molar-refractivity contribution < 1.29 is 23.1 Å². The molecule has 0 heterocycles. The highest BCUT2D eigenvalue weighted by Gasteiger charge is 2.12. The summed E-state index contributed by atoms with van der Waals surface area (Å²) in [5.74, 6) is -2.52. The lowest BCUT2D eigenvalue weighted by Crippen LogP contribution is -2.32. The van der Waals surface area contributed by atoms with Gasteiger partial charge in [-0.3, -0.25) is 0 Å². The number of nitrogens with one attached hydrogen (secondary N) is 2. The summed E-state index contributed by atoms with van der Waals surface area (Å²) in [5.41, 5.74) is 0.516. The second kappa shape index (κ2) is 6.95. The average Bonchev–Trinajstić information content (AvgIpc) is 2.50. The number of urea groups is 1. The van der Waals surface area contributed by atoms with Gasteiger partial charge in [-0.15, -0.1) is 0 Å². The van der Waals surface area contributed by atoms with E-state index in [0.717, 1.165) is 12.1 Å². The predicted octanol–water partition coefficient (Wildman–Crippen LogP) is 2.96. The van der Waals surface area contributed by atoms with Crippen LogP contribution in [0.1, 0.15) is 11.7 Å². The summed E-state index contributed by atoms with van der Waals surface area (Å²) >= 11 is 0. The van der Waals surface area contributed by atoms with E-state index >= 15 is 0 Å². The molecule has 3 N–H and O–H groups in total. The highest BCUT2D eigenvalue weighted by Crippen LogP contribution is 2.15. The zero-order chi connectivity index (χ0) is 16.1. The van der Waals surface area contributed by atoms with E-state index in [2.05, 4.69) is 10.6 Å². The van der Waals surface area contributed by atoms with Crippen molar-refractivity contribution in [1.29, 1.82) is 0 Å². The van der Waals surface area contributed by atoms with Crippen LogP contribution in [0, 0.1) is 17.5 Å². The van der Waals surface area contributed by atoms with Gasteiger partial charge in [0.25, 0.3) is 0 Å². The van der Waals surface area contributed by atoms with E-state index < -0.39 is 29.6 Å². The fourth-order valence-electron chi connectivity index (χ4n) is 1.74. The molecule has 2 amide bonds. The number of benzene rings is 2. The first kappa shape index (κ1) is 15.8. The van der Waals surface area contributed by atoms with Gasteiger partial charge in [-0.2, -0.15) is 0 Å². The summed E-state index contributed by atoms with van der Waals surface area (Å²) in [7, 11) is 0. The first-order valence-corrected chi connectivity index (χ1v) is 6.39. The number of halogens is 3. The Kier molecular flexibility index (Phi) is 5.00. The van der Waals surface area contributed by atoms with E-state index in [-0.39, 0.29) is 12.1 Å². The van der Waals surface area contributed by atoms with Crippen molar-refractivity contribution in [2.75, 3.05) is 11.9 Å². The van der Waals surface area contributed by atoms with Gasteiger partial charge in [0.05, 0.1) is 6.10 Å². The molecule has 0 saturated carbocycles. The van der Waals surface area contributed by atoms with Gasteiger partial charge < -0.3 is 15.7 Å². The molecule has 0 spiro atoms. The molecule has 0 saturated heterocycles. The third-order valence-corrected chi connectivity index (χ3v) is 2.89. The Morgan fingerprint density at radius 3 is 2.36 bits per heavy atom.